The SMILES string of the molecule is CN(C(=O)Nc1cnc(-c2cccc(F)c2)c(Cl)c1)C1CCNCC1.Cl. The molecule has 2 aromatic rings. The summed E-state index contributed by atoms with van der Waals surface area (Å²) in [6.45, 7) is 1.83. The number of carbonyl (C=O) groups excluding carboxylic acids is 1. The Hall–Kier alpha value is -1.89. The largest absolute Gasteiger partial charge is 0.325 e. The molecule has 0 saturated carbocycles. The molecule has 1 saturated heterocycles. The van der Waals surface area contributed by atoms with Crippen LogP contribution in [0.1, 0.15) is 12.8 Å². The van der Waals surface area contributed by atoms with Crippen molar-refractivity contribution in [2.24, 2.45) is 0 Å². The summed E-state index contributed by atoms with van der Waals surface area (Å²) in [7, 11) is 1.79. The molecule has 2 N–H and O–H groups in total. The molecule has 3 rings (SSSR count). The molecule has 0 aliphatic carbocycles. The molecular weight excluding hydrogens is 378 g/mol. The van der Waals surface area contributed by atoms with E-state index in [-0.39, 0.29) is 30.3 Å². The first kappa shape index (κ1) is 20.4. The topological polar surface area (TPSA) is 57.3 Å². The van der Waals surface area contributed by atoms with Crippen molar-refractivity contribution in [1.82, 2.24) is 15.2 Å². The van der Waals surface area contributed by atoms with Gasteiger partial charge in [-0.25, -0.2) is 9.18 Å². The fourth-order valence-electron chi connectivity index (χ4n) is 2.93. The summed E-state index contributed by atoms with van der Waals surface area (Å²) < 4.78 is 13.4. The van der Waals surface area contributed by atoms with Crippen molar-refractivity contribution in [3.8, 4) is 11.3 Å². The van der Waals surface area contributed by atoms with Crippen molar-refractivity contribution >= 4 is 35.7 Å². The summed E-state index contributed by atoms with van der Waals surface area (Å²) in [5, 5.41) is 6.45. The molecule has 1 aromatic heterocycles. The third-order valence-electron chi connectivity index (χ3n) is 4.37. The third kappa shape index (κ3) is 4.84. The van der Waals surface area contributed by atoms with Gasteiger partial charge >= 0.3 is 6.03 Å². The van der Waals surface area contributed by atoms with Gasteiger partial charge in [-0.2, -0.15) is 0 Å². The summed E-state index contributed by atoms with van der Waals surface area (Å²) in [5.74, 6) is -0.351. The lowest BCUT2D eigenvalue weighted by atomic mass is 10.1. The molecule has 8 heteroatoms. The molecule has 1 fully saturated rings. The molecule has 2 amide bonds. The number of halogens is 3. The lowest BCUT2D eigenvalue weighted by molar-refractivity contribution is 0.189. The van der Waals surface area contributed by atoms with Crippen molar-refractivity contribution in [2.75, 3.05) is 25.5 Å². The summed E-state index contributed by atoms with van der Waals surface area (Å²) in [6, 6.07) is 7.73. The number of amides is 2. The molecule has 5 nitrogen and oxygen atoms in total. The van der Waals surface area contributed by atoms with E-state index in [1.165, 1.54) is 18.3 Å². The average molecular weight is 399 g/mol. The molecule has 1 aromatic carbocycles. The van der Waals surface area contributed by atoms with Gasteiger partial charge in [-0.1, -0.05) is 23.7 Å². The van der Waals surface area contributed by atoms with Gasteiger partial charge < -0.3 is 15.5 Å². The summed E-state index contributed by atoms with van der Waals surface area (Å²) in [5.41, 5.74) is 1.58. The van der Waals surface area contributed by atoms with Crippen LogP contribution in [-0.4, -0.2) is 42.1 Å². The molecule has 26 heavy (non-hydrogen) atoms. The van der Waals surface area contributed by atoms with Crippen molar-refractivity contribution in [1.29, 1.82) is 0 Å². The van der Waals surface area contributed by atoms with Crippen LogP contribution in [0.25, 0.3) is 11.3 Å². The number of rotatable bonds is 3. The smallest absolute Gasteiger partial charge is 0.321 e. The Morgan fingerprint density at radius 3 is 2.73 bits per heavy atom. The molecule has 0 atom stereocenters. The highest BCUT2D eigenvalue weighted by atomic mass is 35.5. The van der Waals surface area contributed by atoms with E-state index < -0.39 is 0 Å². The Labute approximate surface area is 163 Å². The predicted octanol–water partition coefficient (Wildman–Crippen LogP) is 4.18. The van der Waals surface area contributed by atoms with E-state index in [2.05, 4.69) is 15.6 Å². The second kappa shape index (κ2) is 9.16. The van der Waals surface area contributed by atoms with Crippen molar-refractivity contribution in [3.05, 3.63) is 47.4 Å². The number of nitrogens with one attached hydrogen (secondary N) is 2. The van der Waals surface area contributed by atoms with E-state index in [0.717, 1.165) is 25.9 Å². The Kier molecular flexibility index (Phi) is 7.20. The number of hydrogen-bond acceptors (Lipinski definition) is 3. The van der Waals surface area contributed by atoms with Crippen LogP contribution >= 0.6 is 24.0 Å². The standard InChI is InChI=1S/C18H20ClFN4O.ClH/c1-24(15-5-7-21-8-6-15)18(25)23-14-10-16(19)17(22-11-14)12-3-2-4-13(20)9-12;/h2-4,9-11,15,21H,5-8H2,1H3,(H,23,25);1H. The fraction of sp³-hybridized carbons (Fsp3) is 0.333. The molecule has 0 spiro atoms. The molecule has 1 aliphatic heterocycles. The Balaban J connectivity index is 0.00000243. The molecule has 0 bridgehead atoms. The predicted molar refractivity (Wildman–Crippen MR) is 105 cm³/mol. The van der Waals surface area contributed by atoms with Crippen LogP contribution in [0.2, 0.25) is 5.02 Å². The lowest BCUT2D eigenvalue weighted by Crippen LogP contribution is -2.45. The van der Waals surface area contributed by atoms with Gasteiger partial charge in [0, 0.05) is 18.7 Å². The Bertz CT molecular complexity index is 769. The van der Waals surface area contributed by atoms with Crippen LogP contribution < -0.4 is 10.6 Å². The second-order valence-electron chi connectivity index (χ2n) is 6.09. The minimum Gasteiger partial charge on any atom is -0.325 e. The minimum atomic E-state index is -0.351. The summed E-state index contributed by atoms with van der Waals surface area (Å²) in [4.78, 5) is 18.4. The van der Waals surface area contributed by atoms with Crippen LogP contribution in [0.4, 0.5) is 14.9 Å². The van der Waals surface area contributed by atoms with E-state index in [4.69, 9.17) is 11.6 Å². The van der Waals surface area contributed by atoms with Crippen molar-refractivity contribution < 1.29 is 9.18 Å². The monoisotopic (exact) mass is 398 g/mol. The van der Waals surface area contributed by atoms with E-state index >= 15 is 0 Å². The average Bonchev–Trinajstić information content (AvgIpc) is 2.62. The normalized spacial score (nSPS) is 14.4. The molecule has 140 valence electrons. The third-order valence-corrected chi connectivity index (χ3v) is 4.66. The van der Waals surface area contributed by atoms with Gasteiger partial charge in [-0.3, -0.25) is 4.98 Å². The second-order valence-corrected chi connectivity index (χ2v) is 6.49. The molecule has 2 heterocycles. The molecule has 0 unspecified atom stereocenters. The van der Waals surface area contributed by atoms with E-state index in [0.29, 0.717) is 22.0 Å². The molecular formula is C18H21Cl2FN4O. The van der Waals surface area contributed by atoms with Crippen LogP contribution in [0.3, 0.4) is 0 Å². The van der Waals surface area contributed by atoms with Crippen molar-refractivity contribution in [2.45, 2.75) is 18.9 Å². The maximum absolute atomic E-state index is 13.4. The number of pyridine rings is 1. The van der Waals surface area contributed by atoms with Crippen molar-refractivity contribution in [3.63, 3.8) is 0 Å². The van der Waals surface area contributed by atoms with E-state index in [9.17, 15) is 9.18 Å². The Morgan fingerprint density at radius 2 is 2.08 bits per heavy atom. The van der Waals surface area contributed by atoms with Crippen LogP contribution in [0, 0.1) is 5.82 Å². The van der Waals surface area contributed by atoms with Crippen LogP contribution in [0.15, 0.2) is 36.5 Å². The first-order chi connectivity index (χ1) is 12.0. The van der Waals surface area contributed by atoms with Gasteiger partial charge in [-0.05, 0) is 44.1 Å². The number of carbonyl (C=O) groups is 1. The van der Waals surface area contributed by atoms with Crippen LogP contribution in [-0.2, 0) is 0 Å². The van der Waals surface area contributed by atoms with Gasteiger partial charge in [0.25, 0.3) is 0 Å². The molecule has 1 aliphatic rings. The summed E-state index contributed by atoms with van der Waals surface area (Å²) in [6.07, 6.45) is 3.39. The van der Waals surface area contributed by atoms with E-state index in [1.807, 2.05) is 0 Å². The minimum absolute atomic E-state index is 0. The number of hydrogen-bond donors (Lipinski definition) is 2. The Morgan fingerprint density at radius 1 is 1.35 bits per heavy atom. The van der Waals surface area contributed by atoms with Gasteiger partial charge in [0.05, 0.1) is 22.6 Å². The van der Waals surface area contributed by atoms with Gasteiger partial charge in [0.15, 0.2) is 0 Å². The van der Waals surface area contributed by atoms with Gasteiger partial charge in [-0.15, -0.1) is 12.4 Å². The highest BCUT2D eigenvalue weighted by Gasteiger charge is 2.22. The summed E-state index contributed by atoms with van der Waals surface area (Å²) >= 11 is 6.27. The van der Waals surface area contributed by atoms with Gasteiger partial charge in [0.2, 0.25) is 0 Å². The zero-order valence-electron chi connectivity index (χ0n) is 14.3. The first-order valence-corrected chi connectivity index (χ1v) is 8.58. The highest BCUT2D eigenvalue weighted by molar-refractivity contribution is 6.33. The fourth-order valence-corrected chi connectivity index (χ4v) is 3.20. The quantitative estimate of drug-likeness (QED) is 0.814. The molecule has 0 radical (unpaired) electrons. The number of nitrogens with zero attached hydrogens (tertiary/aromatic N) is 2. The van der Waals surface area contributed by atoms with E-state index in [1.54, 1.807) is 30.1 Å². The maximum Gasteiger partial charge on any atom is 0.321 e. The number of aromatic nitrogens is 1. The number of piperidine rings is 1. The van der Waals surface area contributed by atoms with Gasteiger partial charge in [0.1, 0.15) is 5.82 Å². The van der Waals surface area contributed by atoms with Crippen LogP contribution in [0.5, 0.6) is 0 Å². The first-order valence-electron chi connectivity index (χ1n) is 8.20. The lowest BCUT2D eigenvalue weighted by Gasteiger charge is -2.31. The zero-order chi connectivity index (χ0) is 17.8. The highest BCUT2D eigenvalue weighted by Crippen LogP contribution is 2.28. The number of urea groups is 1. The number of anilines is 1. The maximum atomic E-state index is 13.4. The number of benzene rings is 1. The zero-order valence-corrected chi connectivity index (χ0v) is 15.9.